The minimum atomic E-state index is -3.87. The standard InChI is InChI=1S/C15H16N2O5S/c1-9-4-6-12(7-5-9)23(20,21)17-16-11(3)14-13(18)8-10(2)22-15(14)19/h4-8,17-18H,1-3H3/b16-11+. The van der Waals surface area contributed by atoms with Crippen LogP contribution in [0.1, 0.15) is 23.8 Å². The molecule has 0 radical (unpaired) electrons. The predicted octanol–water partition coefficient (Wildman–Crippen LogP) is 1.66. The van der Waals surface area contributed by atoms with Gasteiger partial charge in [0.25, 0.3) is 10.0 Å². The molecule has 2 N–H and O–H groups in total. The summed E-state index contributed by atoms with van der Waals surface area (Å²) in [6, 6.07) is 7.46. The van der Waals surface area contributed by atoms with E-state index in [4.69, 9.17) is 4.42 Å². The van der Waals surface area contributed by atoms with E-state index in [0.717, 1.165) is 5.56 Å². The molecule has 8 heteroatoms. The van der Waals surface area contributed by atoms with Gasteiger partial charge in [0, 0.05) is 6.07 Å². The topological polar surface area (TPSA) is 109 Å². The Bertz CT molecular complexity index is 912. The maximum atomic E-state index is 12.1. The summed E-state index contributed by atoms with van der Waals surface area (Å²) in [4.78, 5) is 13.8. The second-order valence-electron chi connectivity index (χ2n) is 5.01. The Morgan fingerprint density at radius 3 is 2.39 bits per heavy atom. The van der Waals surface area contributed by atoms with Gasteiger partial charge in [-0.05, 0) is 32.9 Å². The van der Waals surface area contributed by atoms with Gasteiger partial charge in [-0.2, -0.15) is 18.4 Å². The molecule has 2 aromatic rings. The van der Waals surface area contributed by atoms with E-state index in [-0.39, 0.29) is 27.7 Å². The highest BCUT2D eigenvalue weighted by atomic mass is 32.2. The number of nitrogens with one attached hydrogen (secondary N) is 1. The first-order valence-electron chi connectivity index (χ1n) is 6.67. The van der Waals surface area contributed by atoms with Crippen molar-refractivity contribution in [3.63, 3.8) is 0 Å². The monoisotopic (exact) mass is 336 g/mol. The van der Waals surface area contributed by atoms with Crippen LogP contribution < -0.4 is 10.5 Å². The molecule has 0 saturated heterocycles. The highest BCUT2D eigenvalue weighted by molar-refractivity contribution is 7.89. The molecule has 0 saturated carbocycles. The van der Waals surface area contributed by atoms with Crippen LogP contribution in [0.5, 0.6) is 5.75 Å². The number of nitrogens with zero attached hydrogens (tertiary/aromatic N) is 1. The number of sulfonamides is 1. The van der Waals surface area contributed by atoms with Crippen molar-refractivity contribution in [3.05, 3.63) is 57.6 Å². The fraction of sp³-hybridized carbons (Fsp3) is 0.200. The van der Waals surface area contributed by atoms with E-state index < -0.39 is 15.6 Å². The lowest BCUT2D eigenvalue weighted by Crippen LogP contribution is -2.22. The van der Waals surface area contributed by atoms with E-state index >= 15 is 0 Å². The number of hydrazone groups is 1. The molecule has 1 aromatic carbocycles. The highest BCUT2D eigenvalue weighted by Gasteiger charge is 2.16. The van der Waals surface area contributed by atoms with Gasteiger partial charge in [0.1, 0.15) is 17.1 Å². The molecule has 0 fully saturated rings. The Balaban J connectivity index is 2.33. The van der Waals surface area contributed by atoms with Crippen LogP contribution in [-0.4, -0.2) is 19.2 Å². The highest BCUT2D eigenvalue weighted by Crippen LogP contribution is 2.15. The van der Waals surface area contributed by atoms with Crippen LogP contribution >= 0.6 is 0 Å². The second kappa shape index (κ2) is 6.25. The molecule has 122 valence electrons. The van der Waals surface area contributed by atoms with Crippen molar-refractivity contribution in [2.45, 2.75) is 25.7 Å². The molecule has 0 aliphatic carbocycles. The summed E-state index contributed by atoms with van der Waals surface area (Å²) in [7, 11) is -3.87. The third-order valence-electron chi connectivity index (χ3n) is 3.08. The van der Waals surface area contributed by atoms with Gasteiger partial charge in [0.2, 0.25) is 0 Å². The van der Waals surface area contributed by atoms with Crippen molar-refractivity contribution >= 4 is 15.7 Å². The molecule has 7 nitrogen and oxygen atoms in total. The minimum Gasteiger partial charge on any atom is -0.507 e. The van der Waals surface area contributed by atoms with E-state index in [1.54, 1.807) is 12.1 Å². The van der Waals surface area contributed by atoms with Crippen molar-refractivity contribution in [2.75, 3.05) is 0 Å². The zero-order chi connectivity index (χ0) is 17.2. The Morgan fingerprint density at radius 2 is 1.83 bits per heavy atom. The molecular weight excluding hydrogens is 320 g/mol. The van der Waals surface area contributed by atoms with Gasteiger partial charge >= 0.3 is 5.63 Å². The Kier molecular flexibility index (Phi) is 4.55. The molecule has 2 rings (SSSR count). The lowest BCUT2D eigenvalue weighted by Gasteiger charge is -2.06. The van der Waals surface area contributed by atoms with Crippen molar-refractivity contribution in [2.24, 2.45) is 5.10 Å². The number of hydrogen-bond acceptors (Lipinski definition) is 6. The van der Waals surface area contributed by atoms with E-state index in [2.05, 4.69) is 5.10 Å². The van der Waals surface area contributed by atoms with Gasteiger partial charge in [-0.1, -0.05) is 17.7 Å². The molecule has 0 unspecified atom stereocenters. The normalized spacial score (nSPS) is 12.2. The Morgan fingerprint density at radius 1 is 1.22 bits per heavy atom. The molecule has 0 aliphatic heterocycles. The van der Waals surface area contributed by atoms with E-state index in [0.29, 0.717) is 0 Å². The van der Waals surface area contributed by atoms with Crippen molar-refractivity contribution in [3.8, 4) is 5.75 Å². The Hall–Kier alpha value is -2.61. The van der Waals surface area contributed by atoms with Gasteiger partial charge in [0.05, 0.1) is 10.6 Å². The third kappa shape index (κ3) is 3.78. The van der Waals surface area contributed by atoms with Crippen LogP contribution in [0.15, 0.2) is 49.5 Å². The van der Waals surface area contributed by atoms with Crippen LogP contribution in [0.3, 0.4) is 0 Å². The number of benzene rings is 1. The first-order valence-corrected chi connectivity index (χ1v) is 8.16. The first kappa shape index (κ1) is 16.8. The van der Waals surface area contributed by atoms with Crippen molar-refractivity contribution < 1.29 is 17.9 Å². The molecule has 0 spiro atoms. The maximum Gasteiger partial charge on any atom is 0.348 e. The Labute approximate surface area is 133 Å². The lowest BCUT2D eigenvalue weighted by atomic mass is 10.2. The summed E-state index contributed by atoms with van der Waals surface area (Å²) in [6.45, 7) is 4.74. The summed E-state index contributed by atoms with van der Waals surface area (Å²) in [5, 5.41) is 13.5. The molecule has 1 aromatic heterocycles. The number of rotatable bonds is 4. The third-order valence-corrected chi connectivity index (χ3v) is 4.30. The summed E-state index contributed by atoms with van der Waals surface area (Å²) in [5.74, 6) is -0.0844. The molecule has 0 bridgehead atoms. The first-order chi connectivity index (χ1) is 10.7. The summed E-state index contributed by atoms with van der Waals surface area (Å²) >= 11 is 0. The van der Waals surface area contributed by atoms with E-state index in [9.17, 15) is 18.3 Å². The number of hydrogen-bond donors (Lipinski definition) is 2. The van der Waals surface area contributed by atoms with Gasteiger partial charge < -0.3 is 9.52 Å². The minimum absolute atomic E-state index is 0.00747. The lowest BCUT2D eigenvalue weighted by molar-refractivity contribution is 0.432. The zero-order valence-corrected chi connectivity index (χ0v) is 13.6. The average molecular weight is 336 g/mol. The number of aromatic hydroxyl groups is 1. The number of aryl methyl sites for hydroxylation is 2. The van der Waals surface area contributed by atoms with Crippen molar-refractivity contribution in [1.82, 2.24) is 4.83 Å². The van der Waals surface area contributed by atoms with E-state index in [1.165, 1.54) is 32.0 Å². The predicted molar refractivity (Wildman–Crippen MR) is 85.1 cm³/mol. The van der Waals surface area contributed by atoms with Crippen LogP contribution in [0, 0.1) is 13.8 Å². The summed E-state index contributed by atoms with van der Waals surface area (Å²) in [6.07, 6.45) is 0. The summed E-state index contributed by atoms with van der Waals surface area (Å²) < 4.78 is 29.1. The van der Waals surface area contributed by atoms with Crippen LogP contribution in [0.2, 0.25) is 0 Å². The summed E-state index contributed by atoms with van der Waals surface area (Å²) in [5.41, 5.74) is -0.0711. The van der Waals surface area contributed by atoms with Gasteiger partial charge in [-0.3, -0.25) is 0 Å². The largest absolute Gasteiger partial charge is 0.507 e. The van der Waals surface area contributed by atoms with Gasteiger partial charge in [0.15, 0.2) is 0 Å². The molecule has 0 aliphatic rings. The average Bonchev–Trinajstić information content (AvgIpc) is 2.44. The zero-order valence-electron chi connectivity index (χ0n) is 12.8. The maximum absolute atomic E-state index is 12.1. The van der Waals surface area contributed by atoms with Crippen LogP contribution in [0.25, 0.3) is 0 Å². The van der Waals surface area contributed by atoms with Crippen molar-refractivity contribution in [1.29, 1.82) is 0 Å². The fourth-order valence-electron chi connectivity index (χ4n) is 1.88. The molecule has 23 heavy (non-hydrogen) atoms. The van der Waals surface area contributed by atoms with E-state index in [1.807, 2.05) is 11.8 Å². The smallest absolute Gasteiger partial charge is 0.348 e. The molecule has 1 heterocycles. The molecule has 0 atom stereocenters. The van der Waals surface area contributed by atoms with Crippen LogP contribution in [-0.2, 0) is 10.0 Å². The SMILES string of the molecule is C/C(=N\NS(=O)(=O)c1ccc(C)cc1)c1c(O)cc(C)oc1=O. The second-order valence-corrected chi connectivity index (χ2v) is 6.67. The molecule has 0 amide bonds. The van der Waals surface area contributed by atoms with Gasteiger partial charge in [-0.25, -0.2) is 4.79 Å². The molecular formula is C15H16N2O5S. The fourth-order valence-corrected chi connectivity index (χ4v) is 2.74. The quantitative estimate of drug-likeness (QED) is 0.652. The van der Waals surface area contributed by atoms with Crippen LogP contribution in [0.4, 0.5) is 0 Å². The van der Waals surface area contributed by atoms with Gasteiger partial charge in [-0.15, -0.1) is 0 Å².